The van der Waals surface area contributed by atoms with E-state index in [4.69, 9.17) is 10.5 Å². The van der Waals surface area contributed by atoms with Gasteiger partial charge in [-0.1, -0.05) is 0 Å². The Morgan fingerprint density at radius 3 is 2.88 bits per heavy atom. The van der Waals surface area contributed by atoms with Crippen molar-refractivity contribution in [3.8, 4) is 22.8 Å². The number of hydrogen-bond donors (Lipinski definition) is 3. The van der Waals surface area contributed by atoms with Crippen LogP contribution >= 0.6 is 0 Å². The molecule has 0 spiro atoms. The first-order valence-corrected chi connectivity index (χ1v) is 4.71. The van der Waals surface area contributed by atoms with Crippen molar-refractivity contribution in [1.29, 1.82) is 0 Å². The SMILES string of the molecule is COc1cc(O)ccc1-c1n[nH]nc1C(N)=O. The van der Waals surface area contributed by atoms with Crippen LogP contribution in [0.5, 0.6) is 11.5 Å². The molecule has 7 nitrogen and oxygen atoms in total. The van der Waals surface area contributed by atoms with E-state index in [9.17, 15) is 9.90 Å². The van der Waals surface area contributed by atoms with Crippen LogP contribution in [-0.2, 0) is 0 Å². The Morgan fingerprint density at radius 1 is 1.47 bits per heavy atom. The number of phenols is 1. The molecule has 2 aromatic rings. The summed E-state index contributed by atoms with van der Waals surface area (Å²) in [4.78, 5) is 11.1. The van der Waals surface area contributed by atoms with Gasteiger partial charge in [-0.3, -0.25) is 4.79 Å². The number of aromatic hydroxyl groups is 1. The van der Waals surface area contributed by atoms with Gasteiger partial charge < -0.3 is 15.6 Å². The predicted octanol–water partition coefficient (Wildman–Crippen LogP) is 0.285. The third-order valence-electron chi connectivity index (χ3n) is 2.22. The van der Waals surface area contributed by atoms with Crippen molar-refractivity contribution < 1.29 is 14.6 Å². The fourth-order valence-corrected chi connectivity index (χ4v) is 1.47. The number of carbonyl (C=O) groups is 1. The number of methoxy groups -OCH3 is 1. The molecular formula is C10H10N4O3. The predicted molar refractivity (Wildman–Crippen MR) is 58.6 cm³/mol. The first kappa shape index (κ1) is 10.9. The van der Waals surface area contributed by atoms with Crippen molar-refractivity contribution in [1.82, 2.24) is 15.4 Å². The molecule has 0 radical (unpaired) electrons. The molecule has 88 valence electrons. The zero-order chi connectivity index (χ0) is 12.4. The van der Waals surface area contributed by atoms with Gasteiger partial charge in [0.1, 0.15) is 17.2 Å². The van der Waals surface area contributed by atoms with Crippen LogP contribution in [0.2, 0.25) is 0 Å². The Morgan fingerprint density at radius 2 is 2.24 bits per heavy atom. The monoisotopic (exact) mass is 234 g/mol. The van der Waals surface area contributed by atoms with Gasteiger partial charge in [0.2, 0.25) is 0 Å². The number of aromatic amines is 1. The number of nitrogens with zero attached hydrogens (tertiary/aromatic N) is 2. The summed E-state index contributed by atoms with van der Waals surface area (Å²) in [5, 5.41) is 19.2. The molecule has 0 aliphatic carbocycles. The van der Waals surface area contributed by atoms with Crippen LogP contribution in [0.3, 0.4) is 0 Å². The lowest BCUT2D eigenvalue weighted by Crippen LogP contribution is -2.12. The highest BCUT2D eigenvalue weighted by Gasteiger charge is 2.18. The number of amides is 1. The summed E-state index contributed by atoms with van der Waals surface area (Å²) < 4.78 is 5.09. The molecule has 1 heterocycles. The molecule has 0 saturated heterocycles. The molecule has 0 aliphatic heterocycles. The van der Waals surface area contributed by atoms with Gasteiger partial charge in [-0.25, -0.2) is 0 Å². The summed E-state index contributed by atoms with van der Waals surface area (Å²) in [6.07, 6.45) is 0. The van der Waals surface area contributed by atoms with Crippen LogP contribution in [0.1, 0.15) is 10.5 Å². The second-order valence-electron chi connectivity index (χ2n) is 3.27. The van der Waals surface area contributed by atoms with Gasteiger partial charge in [0, 0.05) is 11.6 Å². The van der Waals surface area contributed by atoms with Gasteiger partial charge >= 0.3 is 0 Å². The molecular weight excluding hydrogens is 224 g/mol. The molecule has 7 heteroatoms. The molecule has 0 unspecified atom stereocenters. The van der Waals surface area contributed by atoms with Crippen molar-refractivity contribution in [2.24, 2.45) is 5.73 Å². The fraction of sp³-hybridized carbons (Fsp3) is 0.100. The summed E-state index contributed by atoms with van der Waals surface area (Å²) in [7, 11) is 1.45. The minimum Gasteiger partial charge on any atom is -0.508 e. The zero-order valence-corrected chi connectivity index (χ0v) is 8.97. The number of ether oxygens (including phenoxy) is 1. The third-order valence-corrected chi connectivity index (χ3v) is 2.22. The topological polar surface area (TPSA) is 114 Å². The van der Waals surface area contributed by atoms with Gasteiger partial charge in [-0.15, -0.1) is 0 Å². The van der Waals surface area contributed by atoms with Crippen LogP contribution in [0.4, 0.5) is 0 Å². The molecule has 17 heavy (non-hydrogen) atoms. The first-order chi connectivity index (χ1) is 8.13. The van der Waals surface area contributed by atoms with Gasteiger partial charge in [0.05, 0.1) is 7.11 Å². The lowest BCUT2D eigenvalue weighted by molar-refractivity contribution is 0.0996. The molecule has 1 aromatic heterocycles. The summed E-state index contributed by atoms with van der Waals surface area (Å²) in [6.45, 7) is 0. The van der Waals surface area contributed by atoms with Crippen LogP contribution in [-0.4, -0.2) is 33.5 Å². The average molecular weight is 234 g/mol. The van der Waals surface area contributed by atoms with E-state index in [0.717, 1.165) is 0 Å². The van der Waals surface area contributed by atoms with E-state index in [1.165, 1.54) is 19.2 Å². The highest BCUT2D eigenvalue weighted by molar-refractivity contribution is 5.97. The number of phenolic OH excluding ortho intramolecular Hbond substituents is 1. The molecule has 2 rings (SSSR count). The number of carbonyl (C=O) groups excluding carboxylic acids is 1. The van der Waals surface area contributed by atoms with E-state index < -0.39 is 5.91 Å². The van der Waals surface area contributed by atoms with Gasteiger partial charge in [0.25, 0.3) is 5.91 Å². The number of nitrogens with two attached hydrogens (primary N) is 1. The molecule has 0 bridgehead atoms. The molecule has 0 atom stereocenters. The number of rotatable bonds is 3. The third kappa shape index (κ3) is 1.89. The van der Waals surface area contributed by atoms with E-state index in [2.05, 4.69) is 15.4 Å². The number of hydrogen-bond acceptors (Lipinski definition) is 5. The summed E-state index contributed by atoms with van der Waals surface area (Å²) in [5.41, 5.74) is 6.00. The van der Waals surface area contributed by atoms with Crippen LogP contribution < -0.4 is 10.5 Å². The van der Waals surface area contributed by atoms with Crippen molar-refractivity contribution in [3.05, 3.63) is 23.9 Å². The van der Waals surface area contributed by atoms with Crippen molar-refractivity contribution >= 4 is 5.91 Å². The van der Waals surface area contributed by atoms with Crippen molar-refractivity contribution in [2.75, 3.05) is 7.11 Å². The van der Waals surface area contributed by atoms with Crippen LogP contribution in [0.25, 0.3) is 11.3 Å². The number of nitrogens with one attached hydrogen (secondary N) is 1. The van der Waals surface area contributed by atoms with Gasteiger partial charge in [-0.05, 0) is 12.1 Å². The quantitative estimate of drug-likeness (QED) is 0.705. The Bertz CT molecular complexity index is 564. The normalized spacial score (nSPS) is 10.2. The van der Waals surface area contributed by atoms with E-state index in [1.54, 1.807) is 6.07 Å². The lowest BCUT2D eigenvalue weighted by Gasteiger charge is -2.06. The van der Waals surface area contributed by atoms with Crippen LogP contribution in [0.15, 0.2) is 18.2 Å². The maximum absolute atomic E-state index is 11.1. The molecule has 4 N–H and O–H groups in total. The number of benzene rings is 1. The molecule has 0 saturated carbocycles. The molecule has 0 aliphatic rings. The van der Waals surface area contributed by atoms with E-state index in [0.29, 0.717) is 11.3 Å². The fourth-order valence-electron chi connectivity index (χ4n) is 1.47. The second kappa shape index (κ2) is 4.12. The summed E-state index contributed by atoms with van der Waals surface area (Å²) in [5.74, 6) is -0.264. The van der Waals surface area contributed by atoms with Crippen molar-refractivity contribution in [3.63, 3.8) is 0 Å². The number of H-pyrrole nitrogens is 1. The van der Waals surface area contributed by atoms with Gasteiger partial charge in [-0.2, -0.15) is 15.4 Å². The minimum absolute atomic E-state index is 0.0222. The number of aromatic nitrogens is 3. The molecule has 1 aromatic carbocycles. The Labute approximate surface area is 96.2 Å². The Balaban J connectivity index is 2.60. The Kier molecular flexibility index (Phi) is 2.65. The largest absolute Gasteiger partial charge is 0.508 e. The summed E-state index contributed by atoms with van der Waals surface area (Å²) >= 11 is 0. The molecule has 0 fully saturated rings. The highest BCUT2D eigenvalue weighted by Crippen LogP contribution is 2.32. The van der Waals surface area contributed by atoms with E-state index in [1.807, 2.05) is 0 Å². The smallest absolute Gasteiger partial charge is 0.271 e. The lowest BCUT2D eigenvalue weighted by atomic mass is 10.1. The van der Waals surface area contributed by atoms with E-state index in [-0.39, 0.29) is 17.1 Å². The van der Waals surface area contributed by atoms with Crippen LogP contribution in [0, 0.1) is 0 Å². The van der Waals surface area contributed by atoms with Gasteiger partial charge in [0.15, 0.2) is 5.69 Å². The minimum atomic E-state index is -0.691. The number of primary amides is 1. The first-order valence-electron chi connectivity index (χ1n) is 4.71. The second-order valence-corrected chi connectivity index (χ2v) is 3.27. The standard InChI is InChI=1S/C10H10N4O3/c1-17-7-4-5(15)2-3-6(7)8-9(10(11)16)13-14-12-8/h2-4,15H,1H3,(H2,11,16)(H,12,13,14). The highest BCUT2D eigenvalue weighted by atomic mass is 16.5. The zero-order valence-electron chi connectivity index (χ0n) is 8.97. The average Bonchev–Trinajstić information content (AvgIpc) is 2.77. The van der Waals surface area contributed by atoms with Crippen molar-refractivity contribution in [2.45, 2.75) is 0 Å². The maximum Gasteiger partial charge on any atom is 0.271 e. The maximum atomic E-state index is 11.1. The summed E-state index contributed by atoms with van der Waals surface area (Å²) in [6, 6.07) is 4.44. The molecule has 1 amide bonds. The van der Waals surface area contributed by atoms with E-state index >= 15 is 0 Å². The Hall–Kier alpha value is -2.57.